The Hall–Kier alpha value is -2.64. The average Bonchev–Trinajstić information content (AvgIpc) is 3.05. The predicted octanol–water partition coefficient (Wildman–Crippen LogP) is 1.44. The van der Waals surface area contributed by atoms with E-state index in [0.717, 1.165) is 0 Å². The van der Waals surface area contributed by atoms with Crippen LogP contribution in [0.5, 0.6) is 0 Å². The van der Waals surface area contributed by atoms with Gasteiger partial charge in [-0.15, -0.1) is 22.7 Å². The lowest BCUT2D eigenvalue weighted by Gasteiger charge is -1.98. The minimum Gasteiger partial charge on any atom is -0.366 e. The Bertz CT molecular complexity index is 818. The van der Waals surface area contributed by atoms with Gasteiger partial charge in [-0.05, 0) is 33.4 Å². The topological polar surface area (TPSA) is 196 Å². The molecule has 2 aromatic heterocycles. The van der Waals surface area contributed by atoms with Gasteiger partial charge in [-0.25, -0.2) is 9.59 Å². The number of hydrogen-bond acceptors (Lipinski definition) is 6. The fourth-order valence-corrected chi connectivity index (χ4v) is 3.76. The number of urea groups is 2. The van der Waals surface area contributed by atoms with E-state index in [1.165, 1.54) is 34.8 Å². The van der Waals surface area contributed by atoms with E-state index in [0.29, 0.717) is 13.8 Å². The van der Waals surface area contributed by atoms with Crippen LogP contribution in [-0.2, 0) is 0 Å². The zero-order chi connectivity index (χ0) is 19.1. The van der Waals surface area contributed by atoms with Gasteiger partial charge >= 0.3 is 12.1 Å². The predicted molar refractivity (Wildman–Crippen MR) is 99.8 cm³/mol. The second-order valence-electron chi connectivity index (χ2n) is 4.16. The highest BCUT2D eigenvalue weighted by Gasteiger charge is 2.13. The van der Waals surface area contributed by atoms with Gasteiger partial charge in [0.05, 0.1) is 14.9 Å². The van der Waals surface area contributed by atoms with Crippen molar-refractivity contribution in [3.05, 3.63) is 32.4 Å². The number of nitrogens with one attached hydrogen (secondary N) is 2. The third kappa shape index (κ3) is 6.40. The summed E-state index contributed by atoms with van der Waals surface area (Å²) in [4.78, 5) is 42.4. The summed E-state index contributed by atoms with van der Waals surface area (Å²) in [5.74, 6) is -1.19. The summed E-state index contributed by atoms with van der Waals surface area (Å²) >= 11 is 5.53. The lowest BCUT2D eigenvalue weighted by molar-refractivity contribution is 0.0993. The summed E-state index contributed by atoms with van der Waals surface area (Å²) in [6.07, 6.45) is 0. The first-order valence-corrected chi connectivity index (χ1v) is 8.70. The fraction of sp³-hybridized carbons (Fsp3) is 0. The molecular weight excluding hydrogens is 436 g/mol. The van der Waals surface area contributed by atoms with E-state index in [2.05, 4.69) is 26.6 Å². The lowest BCUT2D eigenvalue weighted by Crippen LogP contribution is -2.21. The first-order chi connectivity index (χ1) is 11.6. The Kier molecular flexibility index (Phi) is 7.35. The Morgan fingerprint density at radius 1 is 0.880 bits per heavy atom. The molecule has 0 aromatic carbocycles. The van der Waals surface area contributed by atoms with Crippen molar-refractivity contribution in [2.24, 2.45) is 22.9 Å². The number of thiophene rings is 2. The number of amides is 6. The van der Waals surface area contributed by atoms with Crippen molar-refractivity contribution >= 4 is 72.5 Å². The van der Waals surface area contributed by atoms with E-state index in [9.17, 15) is 19.2 Å². The molecule has 0 aliphatic carbocycles. The van der Waals surface area contributed by atoms with Crippen LogP contribution in [0.15, 0.2) is 21.3 Å². The molecule has 0 radical (unpaired) electrons. The van der Waals surface area contributed by atoms with Crippen molar-refractivity contribution in [2.45, 2.75) is 0 Å². The van der Waals surface area contributed by atoms with Crippen LogP contribution in [0, 0.1) is 0 Å². The van der Waals surface area contributed by atoms with Crippen LogP contribution in [0.25, 0.3) is 0 Å². The molecule has 13 heteroatoms. The molecule has 6 amide bonds. The molecule has 0 unspecified atom stereocenters. The van der Waals surface area contributed by atoms with Gasteiger partial charge in [0.2, 0.25) is 0 Å². The number of primary amides is 4. The van der Waals surface area contributed by atoms with Crippen molar-refractivity contribution < 1.29 is 19.2 Å². The van der Waals surface area contributed by atoms with Gasteiger partial charge in [-0.2, -0.15) is 0 Å². The van der Waals surface area contributed by atoms with Gasteiger partial charge in [0.25, 0.3) is 11.8 Å². The smallest absolute Gasteiger partial charge is 0.317 e. The van der Waals surface area contributed by atoms with Gasteiger partial charge in [-0.3, -0.25) is 20.2 Å². The van der Waals surface area contributed by atoms with E-state index in [1.807, 2.05) is 0 Å². The molecule has 10 N–H and O–H groups in total. The average molecular weight is 449 g/mol. The minimum atomic E-state index is -0.725. The minimum absolute atomic E-state index is 0.246. The van der Waals surface area contributed by atoms with E-state index >= 15 is 0 Å². The number of halogens is 1. The van der Waals surface area contributed by atoms with Gasteiger partial charge in [0.15, 0.2) is 0 Å². The van der Waals surface area contributed by atoms with Crippen LogP contribution in [0.2, 0.25) is 0 Å². The normalized spacial score (nSPS) is 9.48. The van der Waals surface area contributed by atoms with Gasteiger partial charge in [-0.1, -0.05) is 0 Å². The van der Waals surface area contributed by atoms with E-state index in [4.69, 9.17) is 22.9 Å². The third-order valence-electron chi connectivity index (χ3n) is 2.37. The fourth-order valence-electron chi connectivity index (χ4n) is 1.46. The number of rotatable bonds is 4. The number of anilines is 2. The zero-order valence-electron chi connectivity index (χ0n) is 12.4. The first-order valence-electron chi connectivity index (χ1n) is 6.21. The highest BCUT2D eigenvalue weighted by molar-refractivity contribution is 9.11. The van der Waals surface area contributed by atoms with E-state index < -0.39 is 23.9 Å². The molecule has 0 saturated carbocycles. The maximum absolute atomic E-state index is 10.8. The van der Waals surface area contributed by atoms with Crippen molar-refractivity contribution in [1.29, 1.82) is 0 Å². The molecule has 0 fully saturated rings. The monoisotopic (exact) mass is 448 g/mol. The SMILES string of the molecule is NC(=O)Nc1sc(Br)cc1C(N)=O.NC(=O)Nc1sccc1C(N)=O. The summed E-state index contributed by atoms with van der Waals surface area (Å²) in [7, 11) is 0. The van der Waals surface area contributed by atoms with E-state index in [-0.39, 0.29) is 11.1 Å². The second-order valence-corrected chi connectivity index (χ2v) is 7.51. The number of nitrogens with two attached hydrogens (primary N) is 4. The summed E-state index contributed by atoms with van der Waals surface area (Å²) < 4.78 is 0.699. The van der Waals surface area contributed by atoms with Crippen LogP contribution < -0.4 is 33.6 Å². The van der Waals surface area contributed by atoms with Gasteiger partial charge in [0, 0.05) is 0 Å². The molecule has 25 heavy (non-hydrogen) atoms. The molecule has 134 valence electrons. The molecule has 10 nitrogen and oxygen atoms in total. The molecule has 0 atom stereocenters. The molecule has 0 aliphatic rings. The molecule has 2 rings (SSSR count). The first kappa shape index (κ1) is 20.4. The summed E-state index contributed by atoms with van der Waals surface area (Å²) in [5, 5.41) is 6.98. The number of carbonyl (C=O) groups is 4. The van der Waals surface area contributed by atoms with Crippen molar-refractivity contribution in [2.75, 3.05) is 10.6 Å². The maximum Gasteiger partial charge on any atom is 0.317 e. The highest BCUT2D eigenvalue weighted by Crippen LogP contribution is 2.31. The Labute approximate surface area is 157 Å². The quantitative estimate of drug-likeness (QED) is 0.411. The molecule has 2 heterocycles. The third-order valence-corrected chi connectivity index (χ3v) is 4.75. The Morgan fingerprint density at radius 2 is 1.40 bits per heavy atom. The maximum atomic E-state index is 10.8. The number of carbonyl (C=O) groups excluding carboxylic acids is 4. The molecule has 0 saturated heterocycles. The Morgan fingerprint density at radius 3 is 1.88 bits per heavy atom. The van der Waals surface area contributed by atoms with Crippen LogP contribution >= 0.6 is 38.6 Å². The van der Waals surface area contributed by atoms with Gasteiger partial charge < -0.3 is 22.9 Å². The standard InChI is InChI=1S/C6H6BrN3O2S.C6H7N3O2S/c7-3-1-2(4(8)11)5(13-3)10-6(9)12;7-4(10)3-1-2-12-5(3)9-6(8)11/h1H,(H2,8,11)(H3,9,10,12);1-2H,(H2,7,10)(H3,8,9,11). The summed E-state index contributed by atoms with van der Waals surface area (Å²) in [6.45, 7) is 0. The van der Waals surface area contributed by atoms with Crippen LogP contribution in [0.1, 0.15) is 20.7 Å². The number of hydrogen-bond donors (Lipinski definition) is 6. The van der Waals surface area contributed by atoms with Crippen molar-refractivity contribution in [3.63, 3.8) is 0 Å². The summed E-state index contributed by atoms with van der Waals surface area (Å²) in [5.41, 5.74) is 20.3. The molecule has 0 spiro atoms. The van der Waals surface area contributed by atoms with Crippen molar-refractivity contribution in [1.82, 2.24) is 0 Å². The molecular formula is C12H13BrN6O4S2. The Balaban J connectivity index is 0.000000251. The van der Waals surface area contributed by atoms with Crippen molar-refractivity contribution in [3.8, 4) is 0 Å². The lowest BCUT2D eigenvalue weighted by atomic mass is 10.3. The molecule has 0 aliphatic heterocycles. The molecule has 2 aromatic rings. The summed E-state index contributed by atoms with van der Waals surface area (Å²) in [6, 6.07) is 1.62. The van der Waals surface area contributed by atoms with Crippen LogP contribution in [0.4, 0.5) is 19.6 Å². The molecule has 0 bridgehead atoms. The van der Waals surface area contributed by atoms with Crippen LogP contribution in [-0.4, -0.2) is 23.9 Å². The second kappa shape index (κ2) is 9.00. The highest BCUT2D eigenvalue weighted by atomic mass is 79.9. The van der Waals surface area contributed by atoms with E-state index in [1.54, 1.807) is 5.38 Å². The largest absolute Gasteiger partial charge is 0.366 e. The van der Waals surface area contributed by atoms with Crippen LogP contribution in [0.3, 0.4) is 0 Å². The van der Waals surface area contributed by atoms with Gasteiger partial charge in [0.1, 0.15) is 10.0 Å². The zero-order valence-corrected chi connectivity index (χ0v) is 15.6.